The molecule has 0 aliphatic carbocycles. The molecule has 0 aromatic heterocycles. The normalized spacial score (nSPS) is 9.20. The minimum atomic E-state index is -0.489. The van der Waals surface area contributed by atoms with Crippen molar-refractivity contribution in [2.75, 3.05) is 26.1 Å². The smallest absolute Gasteiger partial charge is 0.339 e. The molecule has 0 fully saturated rings. The standard InChI is InChI=1S/C11H12N2O2/c1-13(2)9-4-5-10(11(14)15-3)8(6-9)7-12/h4-6H,1-3H3. The maximum absolute atomic E-state index is 11.3. The van der Waals surface area contributed by atoms with E-state index in [4.69, 9.17) is 5.26 Å². The molecule has 0 heterocycles. The second-order valence-corrected chi connectivity index (χ2v) is 3.23. The van der Waals surface area contributed by atoms with Crippen LogP contribution in [0.15, 0.2) is 18.2 Å². The van der Waals surface area contributed by atoms with E-state index in [0.717, 1.165) is 5.69 Å². The summed E-state index contributed by atoms with van der Waals surface area (Å²) in [5.74, 6) is -0.489. The second kappa shape index (κ2) is 4.47. The number of esters is 1. The predicted molar refractivity (Wildman–Crippen MR) is 56.8 cm³/mol. The molecule has 0 spiro atoms. The Balaban J connectivity index is 3.22. The number of hydrogen-bond donors (Lipinski definition) is 0. The number of rotatable bonds is 2. The highest BCUT2D eigenvalue weighted by molar-refractivity contribution is 5.92. The Morgan fingerprint density at radius 1 is 1.47 bits per heavy atom. The van der Waals surface area contributed by atoms with E-state index in [1.165, 1.54) is 7.11 Å². The minimum absolute atomic E-state index is 0.297. The number of benzene rings is 1. The first-order valence-electron chi connectivity index (χ1n) is 4.40. The third kappa shape index (κ3) is 2.26. The summed E-state index contributed by atoms with van der Waals surface area (Å²) in [5, 5.41) is 8.89. The van der Waals surface area contributed by atoms with Gasteiger partial charge in [-0.05, 0) is 18.2 Å². The molecule has 0 atom stereocenters. The van der Waals surface area contributed by atoms with Crippen LogP contribution in [0, 0.1) is 11.3 Å². The first-order valence-corrected chi connectivity index (χ1v) is 4.40. The molecule has 15 heavy (non-hydrogen) atoms. The van der Waals surface area contributed by atoms with E-state index in [1.54, 1.807) is 18.2 Å². The predicted octanol–water partition coefficient (Wildman–Crippen LogP) is 1.41. The van der Waals surface area contributed by atoms with Crippen molar-refractivity contribution in [1.82, 2.24) is 0 Å². The molecule has 4 nitrogen and oxygen atoms in total. The highest BCUT2D eigenvalue weighted by Gasteiger charge is 2.12. The Morgan fingerprint density at radius 2 is 2.13 bits per heavy atom. The molecule has 0 bridgehead atoms. The number of anilines is 1. The van der Waals surface area contributed by atoms with Crippen molar-refractivity contribution in [1.29, 1.82) is 5.26 Å². The highest BCUT2D eigenvalue weighted by Crippen LogP contribution is 2.17. The van der Waals surface area contributed by atoms with E-state index in [0.29, 0.717) is 11.1 Å². The Hall–Kier alpha value is -2.02. The van der Waals surface area contributed by atoms with Gasteiger partial charge >= 0.3 is 5.97 Å². The fourth-order valence-electron chi connectivity index (χ4n) is 1.19. The number of hydrogen-bond acceptors (Lipinski definition) is 4. The van der Waals surface area contributed by atoms with Crippen molar-refractivity contribution in [2.24, 2.45) is 0 Å². The van der Waals surface area contributed by atoms with Gasteiger partial charge in [-0.1, -0.05) is 0 Å². The summed E-state index contributed by atoms with van der Waals surface area (Å²) in [4.78, 5) is 13.2. The minimum Gasteiger partial charge on any atom is -0.465 e. The van der Waals surface area contributed by atoms with E-state index in [-0.39, 0.29) is 0 Å². The van der Waals surface area contributed by atoms with E-state index >= 15 is 0 Å². The number of methoxy groups -OCH3 is 1. The summed E-state index contributed by atoms with van der Waals surface area (Å²) in [5.41, 5.74) is 1.50. The maximum atomic E-state index is 11.3. The lowest BCUT2D eigenvalue weighted by Crippen LogP contribution is -2.10. The summed E-state index contributed by atoms with van der Waals surface area (Å²) >= 11 is 0. The largest absolute Gasteiger partial charge is 0.465 e. The van der Waals surface area contributed by atoms with Gasteiger partial charge in [-0.15, -0.1) is 0 Å². The Labute approximate surface area is 88.7 Å². The van der Waals surface area contributed by atoms with Gasteiger partial charge in [0, 0.05) is 19.8 Å². The molecule has 1 aromatic rings. The number of ether oxygens (including phenoxy) is 1. The van der Waals surface area contributed by atoms with Crippen LogP contribution in [0.2, 0.25) is 0 Å². The van der Waals surface area contributed by atoms with E-state index < -0.39 is 5.97 Å². The van der Waals surface area contributed by atoms with Crippen LogP contribution in [0.25, 0.3) is 0 Å². The van der Waals surface area contributed by atoms with Gasteiger partial charge in [0.25, 0.3) is 0 Å². The summed E-state index contributed by atoms with van der Waals surface area (Å²) in [6.07, 6.45) is 0. The van der Waals surface area contributed by atoms with Crippen molar-refractivity contribution < 1.29 is 9.53 Å². The number of nitriles is 1. The molecule has 78 valence electrons. The van der Waals surface area contributed by atoms with Crippen LogP contribution in [0.3, 0.4) is 0 Å². The van der Waals surface area contributed by atoms with Crippen LogP contribution >= 0.6 is 0 Å². The first kappa shape index (κ1) is 11.1. The molecule has 0 aliphatic heterocycles. The van der Waals surface area contributed by atoms with Gasteiger partial charge in [0.15, 0.2) is 0 Å². The average Bonchev–Trinajstić information content (AvgIpc) is 2.27. The lowest BCUT2D eigenvalue weighted by molar-refractivity contribution is 0.0600. The first-order chi connectivity index (χ1) is 7.10. The van der Waals surface area contributed by atoms with Crippen molar-refractivity contribution >= 4 is 11.7 Å². The zero-order chi connectivity index (χ0) is 11.4. The fourth-order valence-corrected chi connectivity index (χ4v) is 1.19. The lowest BCUT2D eigenvalue weighted by atomic mass is 10.1. The summed E-state index contributed by atoms with van der Waals surface area (Å²) < 4.78 is 4.58. The van der Waals surface area contributed by atoms with Gasteiger partial charge in [-0.25, -0.2) is 4.79 Å². The molecular formula is C11H12N2O2. The van der Waals surface area contributed by atoms with Gasteiger partial charge in [-0.2, -0.15) is 5.26 Å². The van der Waals surface area contributed by atoms with Crippen LogP contribution in [-0.2, 0) is 4.74 Å². The van der Waals surface area contributed by atoms with E-state index in [2.05, 4.69) is 4.74 Å². The molecule has 0 aliphatic rings. The summed E-state index contributed by atoms with van der Waals surface area (Å²) in [7, 11) is 5.03. The van der Waals surface area contributed by atoms with Gasteiger partial charge in [0.2, 0.25) is 0 Å². The van der Waals surface area contributed by atoms with Crippen LogP contribution in [0.5, 0.6) is 0 Å². The van der Waals surface area contributed by atoms with Crippen molar-refractivity contribution in [2.45, 2.75) is 0 Å². The third-order valence-corrected chi connectivity index (χ3v) is 2.05. The maximum Gasteiger partial charge on any atom is 0.339 e. The molecule has 0 saturated carbocycles. The van der Waals surface area contributed by atoms with Crippen molar-refractivity contribution in [3.8, 4) is 6.07 Å². The van der Waals surface area contributed by atoms with E-state index in [9.17, 15) is 4.79 Å². The van der Waals surface area contributed by atoms with E-state index in [1.807, 2.05) is 25.1 Å². The SMILES string of the molecule is COC(=O)c1ccc(N(C)C)cc1C#N. The monoisotopic (exact) mass is 204 g/mol. The number of carbonyl (C=O) groups is 1. The Kier molecular flexibility index (Phi) is 3.29. The van der Waals surface area contributed by atoms with Gasteiger partial charge < -0.3 is 9.64 Å². The van der Waals surface area contributed by atoms with Crippen molar-refractivity contribution in [3.63, 3.8) is 0 Å². The Bertz CT molecular complexity index is 419. The molecule has 1 aromatic carbocycles. The second-order valence-electron chi connectivity index (χ2n) is 3.23. The Morgan fingerprint density at radius 3 is 2.60 bits per heavy atom. The van der Waals surface area contributed by atoms with Crippen LogP contribution < -0.4 is 4.90 Å². The molecule has 4 heteroatoms. The van der Waals surface area contributed by atoms with Gasteiger partial charge in [0.05, 0.1) is 18.2 Å². The summed E-state index contributed by atoms with van der Waals surface area (Å²) in [6.45, 7) is 0. The molecule has 0 radical (unpaired) electrons. The lowest BCUT2D eigenvalue weighted by Gasteiger charge is -2.13. The summed E-state index contributed by atoms with van der Waals surface area (Å²) in [6, 6.07) is 7.01. The molecule has 1 rings (SSSR count). The molecule has 0 saturated heterocycles. The van der Waals surface area contributed by atoms with Gasteiger partial charge in [0.1, 0.15) is 6.07 Å². The average molecular weight is 204 g/mol. The van der Waals surface area contributed by atoms with Crippen LogP contribution in [0.4, 0.5) is 5.69 Å². The van der Waals surface area contributed by atoms with Crippen LogP contribution in [0.1, 0.15) is 15.9 Å². The highest BCUT2D eigenvalue weighted by atomic mass is 16.5. The zero-order valence-electron chi connectivity index (χ0n) is 8.94. The number of nitrogens with zero attached hydrogens (tertiary/aromatic N) is 2. The van der Waals surface area contributed by atoms with Crippen LogP contribution in [-0.4, -0.2) is 27.2 Å². The van der Waals surface area contributed by atoms with Crippen molar-refractivity contribution in [3.05, 3.63) is 29.3 Å². The zero-order valence-corrected chi connectivity index (χ0v) is 8.94. The third-order valence-electron chi connectivity index (χ3n) is 2.05. The molecule has 0 N–H and O–H groups in total. The molecule has 0 amide bonds. The molecular weight excluding hydrogens is 192 g/mol. The number of carbonyl (C=O) groups excluding carboxylic acids is 1. The van der Waals surface area contributed by atoms with Gasteiger partial charge in [-0.3, -0.25) is 0 Å². The topological polar surface area (TPSA) is 53.3 Å². The molecule has 0 unspecified atom stereocenters. The fraction of sp³-hybridized carbons (Fsp3) is 0.273. The quantitative estimate of drug-likeness (QED) is 0.683.